The summed E-state index contributed by atoms with van der Waals surface area (Å²) in [5.74, 6) is -27.7. The maximum Gasteiger partial charge on any atom is 3.00 e. The molecule has 3 atom stereocenters. The van der Waals surface area contributed by atoms with E-state index in [0.29, 0.717) is 34.3 Å². The summed E-state index contributed by atoms with van der Waals surface area (Å²) >= 11 is 0. The second kappa shape index (κ2) is 57.3. The number of aliphatic carboxylic acids is 15. The molecule has 0 spiro atoms. The molecule has 0 saturated carbocycles. The van der Waals surface area contributed by atoms with E-state index in [1.165, 1.54) is 0 Å². The molecule has 0 aromatic rings. The Morgan fingerprint density at radius 3 is 0.526 bits per heavy atom. The Hall–Kier alpha value is -5.83. The molecule has 541 valence electrons. The van der Waals surface area contributed by atoms with Gasteiger partial charge in [-0.25, -0.2) is 0 Å². The third-order valence-electron chi connectivity index (χ3n) is 12.6. The zero-order valence-electron chi connectivity index (χ0n) is 49.9. The number of carbonyl (C=O) groups is 15. The van der Waals surface area contributed by atoms with Crippen LogP contribution in [0.4, 0.5) is 0 Å². The van der Waals surface area contributed by atoms with Crippen LogP contribution in [0.15, 0.2) is 0 Å². The number of rotatable bonds is 54. The van der Waals surface area contributed by atoms with Gasteiger partial charge in [0.2, 0.25) is 0 Å². The minimum atomic E-state index is -2.40. The Labute approximate surface area is 594 Å². The van der Waals surface area contributed by atoms with Crippen molar-refractivity contribution in [1.29, 1.82) is 0 Å². The van der Waals surface area contributed by atoms with Gasteiger partial charge in [0.25, 0.3) is 0 Å². The van der Waals surface area contributed by atoms with Gasteiger partial charge in [-0.3, -0.25) is 14.7 Å². The third-order valence-corrected chi connectivity index (χ3v) is 12.6. The Balaban J connectivity index is -0.000000194. The first kappa shape index (κ1) is 105. The molecule has 0 rings (SSSR count). The number of hydrogen-bond acceptors (Lipinski definition) is 42. The molecular formula is C48H69Fe5N12O30. The van der Waals surface area contributed by atoms with Crippen molar-refractivity contribution in [2.75, 3.05) is 118 Å². The molecular weight excluding hydrogens is 1500 g/mol. The summed E-state index contributed by atoms with van der Waals surface area (Å²) in [5.41, 5.74) is 8.72. The summed E-state index contributed by atoms with van der Waals surface area (Å²) in [5, 5.41) is 185. The van der Waals surface area contributed by atoms with Crippen molar-refractivity contribution in [3.05, 3.63) is 0 Å². The molecule has 0 bridgehead atoms. The summed E-state index contributed by atoms with van der Waals surface area (Å²) in [6, 6.07) is -4.76. The van der Waals surface area contributed by atoms with Crippen LogP contribution in [-0.4, -0.2) is 257 Å². The first-order valence-corrected chi connectivity index (χ1v) is 26.5. The number of nitrogens with two attached hydrogens (primary N) is 3. The predicted octanol–water partition coefficient (Wildman–Crippen LogP) is -28.7. The number of carboxylic acids is 15. The minimum Gasteiger partial charge on any atom is -0.550 e. The number of carboxylic acid groups (broad SMARTS) is 15. The molecule has 47 heteroatoms. The van der Waals surface area contributed by atoms with Crippen molar-refractivity contribution < 1.29 is 234 Å². The third kappa shape index (κ3) is 47.7. The van der Waals surface area contributed by atoms with Gasteiger partial charge in [0.05, 0.1) is 35.8 Å². The maximum absolute atomic E-state index is 11.4. The van der Waals surface area contributed by atoms with Gasteiger partial charge in [0, 0.05) is 264 Å². The monoisotopic (exact) mass is 1570 g/mol. The van der Waals surface area contributed by atoms with E-state index in [9.17, 15) is 149 Å². The summed E-state index contributed by atoms with van der Waals surface area (Å²) in [6.45, 7) is -4.92. The Morgan fingerprint density at radius 2 is 0.411 bits per heavy atom. The zero-order valence-corrected chi connectivity index (χ0v) is 55.4. The van der Waals surface area contributed by atoms with Gasteiger partial charge in [-0.15, -0.1) is 0 Å². The number of nitrogens with zero attached hydrogens (tertiary/aromatic N) is 3. The van der Waals surface area contributed by atoms with Crippen molar-refractivity contribution in [2.24, 2.45) is 17.2 Å². The van der Waals surface area contributed by atoms with E-state index in [2.05, 4.69) is 31.9 Å². The van der Waals surface area contributed by atoms with E-state index >= 15 is 0 Å². The maximum atomic E-state index is 11.4. The number of hydrogen-bond donors (Lipinski definition) is 9. The van der Waals surface area contributed by atoms with Crippen LogP contribution >= 0.6 is 0 Å². The molecule has 95 heavy (non-hydrogen) atoms. The SMILES string of the molecule is NCCNCCNC(CC(=O)[O-])C(CC(=O)[O-])(CC(=O)[O-])N(CC(=O)[O-])CC(=O)[O-].NCCNCCNC(CC(=O)[O-])C(CC(=O)[O-])(CC(=O)[O-])N(CC(=O)[O-])CC(=O)[O-].NCCNCCNC(CC(=O)[O-])C(CC(=O)[O-])(CC(=O)[O-])N(CC(=O)[O-])CC(=O)[O-].[Fe+3].[Fe+3].[Fe+3].[Fe+3].[Fe+3]. The van der Waals surface area contributed by atoms with Crippen LogP contribution in [-0.2, 0) is 157 Å². The van der Waals surface area contributed by atoms with Crippen molar-refractivity contribution in [3.8, 4) is 0 Å². The topological polar surface area (TPSA) is 762 Å². The second-order valence-corrected chi connectivity index (χ2v) is 19.3. The van der Waals surface area contributed by atoms with E-state index in [-0.39, 0.29) is 144 Å². The van der Waals surface area contributed by atoms with Crippen molar-refractivity contribution in [2.45, 2.75) is 92.5 Å². The molecule has 0 aliphatic rings. The van der Waals surface area contributed by atoms with Gasteiger partial charge in [-0.05, 0) is 0 Å². The molecule has 0 heterocycles. The van der Waals surface area contributed by atoms with E-state index < -0.39 is 221 Å². The average molecular weight is 1570 g/mol. The molecule has 0 aromatic carbocycles. The Morgan fingerprint density at radius 1 is 0.253 bits per heavy atom. The van der Waals surface area contributed by atoms with Gasteiger partial charge in [-0.1, -0.05) is 0 Å². The smallest absolute Gasteiger partial charge is 0.550 e. The molecule has 0 fully saturated rings. The molecule has 5 radical (unpaired) electrons. The minimum absolute atomic E-state index is 0. The van der Waals surface area contributed by atoms with Crippen LogP contribution in [0.1, 0.15) is 57.8 Å². The molecule has 12 N–H and O–H groups in total. The van der Waals surface area contributed by atoms with Crippen molar-refractivity contribution in [1.82, 2.24) is 46.6 Å². The largest absolute Gasteiger partial charge is 3.00 e. The Bertz CT molecular complexity index is 2070. The van der Waals surface area contributed by atoms with Crippen LogP contribution in [0.3, 0.4) is 0 Å². The van der Waals surface area contributed by atoms with Crippen molar-refractivity contribution >= 4 is 89.5 Å². The predicted molar refractivity (Wildman–Crippen MR) is 261 cm³/mol. The van der Waals surface area contributed by atoms with Gasteiger partial charge in [0.1, 0.15) is 0 Å². The summed E-state index contributed by atoms with van der Waals surface area (Å²) in [4.78, 5) is 170. The molecule has 42 nitrogen and oxygen atoms in total. The number of carbonyl (C=O) groups excluding carboxylic acids is 15. The van der Waals surface area contributed by atoms with Crippen LogP contribution in [0, 0.1) is 0 Å². The molecule has 0 aromatic heterocycles. The van der Waals surface area contributed by atoms with Gasteiger partial charge in [-0.2, -0.15) is 0 Å². The van der Waals surface area contributed by atoms with E-state index in [4.69, 9.17) is 17.2 Å². The van der Waals surface area contributed by atoms with Gasteiger partial charge in [0.15, 0.2) is 0 Å². The van der Waals surface area contributed by atoms with E-state index in [1.54, 1.807) is 0 Å². The van der Waals surface area contributed by atoms with Gasteiger partial charge >= 0.3 is 85.3 Å². The van der Waals surface area contributed by atoms with Crippen LogP contribution in [0.25, 0.3) is 0 Å². The van der Waals surface area contributed by atoms with Crippen LogP contribution in [0.2, 0.25) is 0 Å². The molecule has 0 saturated heterocycles. The van der Waals surface area contributed by atoms with Crippen molar-refractivity contribution in [3.63, 3.8) is 0 Å². The summed E-state index contributed by atoms with van der Waals surface area (Å²) < 4.78 is 0. The Kier molecular flexibility index (Phi) is 63.4. The first-order chi connectivity index (χ1) is 41.8. The summed E-state index contributed by atoms with van der Waals surface area (Å²) in [6.07, 6.45) is -10.3. The molecule has 0 aliphatic heterocycles. The standard InChI is InChI=1S/3C16H28N4O10.5Fe/c3*17-1-2-18-3-4-19-10(5-11(21)22)16(6-12(23)24,7-13(25)26)20(8-14(27)28)9-15(29)30;;;;;/h3*10,18-19H,1-9,17H2,(H,21,22)(H,23,24)(H,25,26)(H,27,28)(H,29,30);;;;;/q;;;5*+3/p-15. The quantitative estimate of drug-likeness (QED) is 0.0202. The average Bonchev–Trinajstić information content (AvgIpc) is 0.804. The fourth-order valence-electron chi connectivity index (χ4n) is 9.35. The molecule has 0 aliphatic carbocycles. The van der Waals surface area contributed by atoms with E-state index in [0.717, 1.165) is 0 Å². The fraction of sp³-hybridized carbons (Fsp3) is 0.688. The van der Waals surface area contributed by atoms with E-state index in [1.807, 2.05) is 0 Å². The summed E-state index contributed by atoms with van der Waals surface area (Å²) in [7, 11) is 0. The van der Waals surface area contributed by atoms with Crippen LogP contribution in [0.5, 0.6) is 0 Å². The van der Waals surface area contributed by atoms with Gasteiger partial charge < -0.3 is 198 Å². The molecule has 0 amide bonds. The normalized spacial score (nSPS) is 11.8. The number of nitrogens with one attached hydrogen (secondary N) is 6. The zero-order chi connectivity index (χ0) is 70.0. The first-order valence-electron chi connectivity index (χ1n) is 26.5. The van der Waals surface area contributed by atoms with Crippen LogP contribution < -0.4 is 126 Å². The molecule has 3 unspecified atom stereocenters. The fourth-order valence-corrected chi connectivity index (χ4v) is 9.35. The second-order valence-electron chi connectivity index (χ2n) is 19.3.